The van der Waals surface area contributed by atoms with Crippen molar-refractivity contribution in [1.29, 1.82) is 0 Å². The molecule has 0 saturated carbocycles. The van der Waals surface area contributed by atoms with Crippen LogP contribution in [0.5, 0.6) is 0 Å². The van der Waals surface area contributed by atoms with E-state index in [1.807, 2.05) is 36.4 Å². The molecule has 5 rings (SSSR count). The van der Waals surface area contributed by atoms with Gasteiger partial charge in [0.1, 0.15) is 18.7 Å². The minimum Gasteiger partial charge on any atom is -0.462 e. The molecule has 1 fully saturated rings. The number of fused-ring (bicyclic) bond motifs is 2. The van der Waals surface area contributed by atoms with E-state index in [9.17, 15) is 24.0 Å². The first kappa shape index (κ1) is 22.3. The van der Waals surface area contributed by atoms with E-state index >= 15 is 0 Å². The largest absolute Gasteiger partial charge is 0.462 e. The zero-order valence-electron chi connectivity index (χ0n) is 18.8. The van der Waals surface area contributed by atoms with Gasteiger partial charge in [-0.25, -0.2) is 4.79 Å². The van der Waals surface area contributed by atoms with Gasteiger partial charge in [-0.2, -0.15) is 0 Å². The van der Waals surface area contributed by atoms with Crippen LogP contribution in [-0.2, 0) is 19.9 Å². The van der Waals surface area contributed by atoms with Gasteiger partial charge >= 0.3 is 12.0 Å². The molecular formula is C26H21N3O6. The number of ether oxygens (including phenoxy) is 1. The Bertz CT molecular complexity index is 1380. The fourth-order valence-electron chi connectivity index (χ4n) is 4.40. The van der Waals surface area contributed by atoms with E-state index < -0.39 is 41.8 Å². The summed E-state index contributed by atoms with van der Waals surface area (Å²) in [5.41, 5.74) is -0.134. The van der Waals surface area contributed by atoms with Crippen molar-refractivity contribution in [2.24, 2.45) is 0 Å². The van der Waals surface area contributed by atoms with Gasteiger partial charge in [-0.05, 0) is 41.5 Å². The molecule has 176 valence electrons. The monoisotopic (exact) mass is 471 g/mol. The van der Waals surface area contributed by atoms with Gasteiger partial charge < -0.3 is 10.1 Å². The highest BCUT2D eigenvalue weighted by Crippen LogP contribution is 2.31. The lowest BCUT2D eigenvalue weighted by Gasteiger charge is -2.22. The molecule has 1 atom stereocenters. The summed E-state index contributed by atoms with van der Waals surface area (Å²) in [6.45, 7) is 0.615. The molecule has 2 heterocycles. The summed E-state index contributed by atoms with van der Waals surface area (Å²) < 4.78 is 5.13. The van der Waals surface area contributed by atoms with Crippen LogP contribution in [0.2, 0.25) is 0 Å². The maximum absolute atomic E-state index is 13.1. The molecule has 3 aromatic carbocycles. The summed E-state index contributed by atoms with van der Waals surface area (Å²) in [5, 5.41) is 4.58. The molecule has 9 nitrogen and oxygen atoms in total. The van der Waals surface area contributed by atoms with Crippen LogP contribution in [0.25, 0.3) is 10.8 Å². The molecule has 3 aromatic rings. The van der Waals surface area contributed by atoms with Crippen molar-refractivity contribution in [2.45, 2.75) is 12.5 Å². The standard InChI is InChI=1S/C26H21N3O6/c1-26(18-11-10-16-6-2-3-7-17(16)14-18)24(33)29(25(34)27-26)15-21(30)35-13-12-28-22(31)19-8-4-5-9-20(19)23(28)32/h2-11,14H,12-13,15H2,1H3,(H,27,34). The van der Waals surface area contributed by atoms with Gasteiger partial charge in [0.05, 0.1) is 17.7 Å². The van der Waals surface area contributed by atoms with E-state index in [1.54, 1.807) is 37.3 Å². The number of carbonyl (C=O) groups is 5. The quantitative estimate of drug-likeness (QED) is 0.336. The Morgan fingerprint density at radius 2 is 1.49 bits per heavy atom. The maximum atomic E-state index is 13.1. The normalized spacial score (nSPS) is 19.3. The van der Waals surface area contributed by atoms with Gasteiger partial charge in [0.15, 0.2) is 0 Å². The molecule has 0 spiro atoms. The molecule has 2 aliphatic heterocycles. The molecule has 1 unspecified atom stereocenters. The smallest absolute Gasteiger partial charge is 0.326 e. The molecule has 1 saturated heterocycles. The highest BCUT2D eigenvalue weighted by Gasteiger charge is 2.49. The van der Waals surface area contributed by atoms with Crippen LogP contribution in [0.4, 0.5) is 4.79 Å². The Balaban J connectivity index is 1.21. The van der Waals surface area contributed by atoms with Gasteiger partial charge in [0, 0.05) is 0 Å². The molecule has 0 bridgehead atoms. The Hall–Kier alpha value is -4.53. The predicted molar refractivity (Wildman–Crippen MR) is 124 cm³/mol. The third-order valence-electron chi connectivity index (χ3n) is 6.35. The van der Waals surface area contributed by atoms with Crippen LogP contribution < -0.4 is 5.32 Å². The average Bonchev–Trinajstić information content (AvgIpc) is 3.24. The average molecular weight is 471 g/mol. The van der Waals surface area contributed by atoms with Crippen molar-refractivity contribution < 1.29 is 28.7 Å². The zero-order chi connectivity index (χ0) is 24.7. The third kappa shape index (κ3) is 3.71. The molecule has 5 amide bonds. The van der Waals surface area contributed by atoms with Crippen molar-refractivity contribution in [3.63, 3.8) is 0 Å². The van der Waals surface area contributed by atoms with Crippen LogP contribution in [0.15, 0.2) is 66.7 Å². The van der Waals surface area contributed by atoms with Crippen molar-refractivity contribution >= 4 is 40.5 Å². The lowest BCUT2D eigenvalue weighted by atomic mass is 9.90. The van der Waals surface area contributed by atoms with Gasteiger partial charge in [0.2, 0.25) is 0 Å². The summed E-state index contributed by atoms with van der Waals surface area (Å²) >= 11 is 0. The zero-order valence-corrected chi connectivity index (χ0v) is 18.8. The first-order chi connectivity index (χ1) is 16.8. The minimum absolute atomic E-state index is 0.132. The van der Waals surface area contributed by atoms with E-state index in [4.69, 9.17) is 4.74 Å². The third-order valence-corrected chi connectivity index (χ3v) is 6.35. The highest BCUT2D eigenvalue weighted by atomic mass is 16.5. The summed E-state index contributed by atoms with van der Waals surface area (Å²) in [6, 6.07) is 18.9. The van der Waals surface area contributed by atoms with Crippen LogP contribution in [0.3, 0.4) is 0 Å². The molecular weight excluding hydrogens is 450 g/mol. The van der Waals surface area contributed by atoms with Gasteiger partial charge in [0.25, 0.3) is 17.7 Å². The van der Waals surface area contributed by atoms with Crippen LogP contribution >= 0.6 is 0 Å². The van der Waals surface area contributed by atoms with Crippen LogP contribution in [-0.4, -0.2) is 59.2 Å². The topological polar surface area (TPSA) is 113 Å². The number of nitrogens with one attached hydrogen (secondary N) is 1. The highest BCUT2D eigenvalue weighted by molar-refractivity contribution is 6.21. The van der Waals surface area contributed by atoms with E-state index in [0.717, 1.165) is 20.6 Å². The number of hydrogen-bond donors (Lipinski definition) is 1. The number of imide groups is 2. The lowest BCUT2D eigenvalue weighted by molar-refractivity contribution is -0.147. The number of urea groups is 1. The maximum Gasteiger partial charge on any atom is 0.326 e. The summed E-state index contributed by atoms with van der Waals surface area (Å²) in [5.74, 6) is -2.31. The Morgan fingerprint density at radius 1 is 0.857 bits per heavy atom. The van der Waals surface area contributed by atoms with E-state index in [2.05, 4.69) is 5.32 Å². The first-order valence-electron chi connectivity index (χ1n) is 11.0. The van der Waals surface area contributed by atoms with Crippen LogP contribution in [0, 0.1) is 0 Å². The van der Waals surface area contributed by atoms with Gasteiger partial charge in [-0.3, -0.25) is 29.0 Å². The molecule has 0 radical (unpaired) electrons. The number of benzene rings is 3. The second kappa shape index (κ2) is 8.35. The molecule has 0 aromatic heterocycles. The number of esters is 1. The fraction of sp³-hybridized carbons (Fsp3) is 0.192. The van der Waals surface area contributed by atoms with E-state index in [0.29, 0.717) is 16.7 Å². The first-order valence-corrected chi connectivity index (χ1v) is 11.0. The second-order valence-corrected chi connectivity index (χ2v) is 8.54. The number of hydrogen-bond acceptors (Lipinski definition) is 6. The minimum atomic E-state index is -1.33. The van der Waals surface area contributed by atoms with Crippen molar-refractivity contribution in [3.05, 3.63) is 83.4 Å². The molecule has 0 aliphatic carbocycles. The summed E-state index contributed by atoms with van der Waals surface area (Å²) in [6.07, 6.45) is 0. The van der Waals surface area contributed by atoms with Crippen molar-refractivity contribution in [2.75, 3.05) is 19.7 Å². The summed E-state index contributed by atoms with van der Waals surface area (Å²) in [7, 11) is 0. The SMILES string of the molecule is CC1(c2ccc3ccccc3c2)NC(=O)N(CC(=O)OCCN2C(=O)c3ccccc3C2=O)C1=O. The number of carbonyl (C=O) groups excluding carboxylic acids is 5. The fourth-order valence-corrected chi connectivity index (χ4v) is 4.40. The van der Waals surface area contributed by atoms with E-state index in [-0.39, 0.29) is 13.2 Å². The van der Waals surface area contributed by atoms with Crippen molar-refractivity contribution in [1.82, 2.24) is 15.1 Å². The number of amides is 5. The molecule has 35 heavy (non-hydrogen) atoms. The predicted octanol–water partition coefficient (Wildman–Crippen LogP) is 2.45. The summed E-state index contributed by atoms with van der Waals surface area (Å²) in [4.78, 5) is 64.7. The lowest BCUT2D eigenvalue weighted by Crippen LogP contribution is -2.42. The Kier molecular flexibility index (Phi) is 5.32. The van der Waals surface area contributed by atoms with Crippen molar-refractivity contribution in [3.8, 4) is 0 Å². The number of nitrogens with zero attached hydrogens (tertiary/aromatic N) is 2. The van der Waals surface area contributed by atoms with Gasteiger partial charge in [-0.15, -0.1) is 0 Å². The molecule has 2 aliphatic rings. The second-order valence-electron chi connectivity index (χ2n) is 8.54. The van der Waals surface area contributed by atoms with Gasteiger partial charge in [-0.1, -0.05) is 48.5 Å². The molecule has 9 heteroatoms. The molecule has 1 N–H and O–H groups in total. The Morgan fingerprint density at radius 3 is 2.17 bits per heavy atom. The Labute approximate surface area is 200 Å². The number of rotatable bonds is 6. The van der Waals surface area contributed by atoms with E-state index in [1.165, 1.54) is 0 Å². The van der Waals surface area contributed by atoms with Crippen LogP contribution in [0.1, 0.15) is 33.2 Å².